The molecule has 9 heteroatoms. The molecule has 148 valence electrons. The Hall–Kier alpha value is -2.78. The Bertz CT molecular complexity index is 1420. The van der Waals surface area contributed by atoms with Crippen LogP contribution in [0, 0.1) is 12.9 Å². The van der Waals surface area contributed by atoms with Crippen LogP contribution in [0.5, 0.6) is 0 Å². The van der Waals surface area contributed by atoms with E-state index in [1.54, 1.807) is 12.1 Å². The minimum atomic E-state index is -4.20. The number of hydrogen-bond donors (Lipinski definition) is 0. The monoisotopic (exact) mass is 475 g/mol. The zero-order chi connectivity index (χ0) is 20.9. The lowest BCUT2D eigenvalue weighted by molar-refractivity contribution is 0.583. The van der Waals surface area contributed by atoms with Crippen molar-refractivity contribution in [3.63, 3.8) is 0 Å². The zero-order valence-corrected chi connectivity index (χ0v) is 17.8. The molecule has 0 aliphatic carbocycles. The third-order valence-electron chi connectivity index (χ3n) is 4.64. The molecule has 4 aromatic rings. The first-order valence-corrected chi connectivity index (χ1v) is 10.8. The van der Waals surface area contributed by atoms with E-state index in [1.165, 1.54) is 54.3 Å². The van der Waals surface area contributed by atoms with Gasteiger partial charge in [-0.2, -0.15) is 4.39 Å². The Morgan fingerprint density at radius 3 is 2.48 bits per heavy atom. The molecule has 29 heavy (non-hydrogen) atoms. The summed E-state index contributed by atoms with van der Waals surface area (Å²) in [4.78, 5) is 16.5. The lowest BCUT2D eigenvalue weighted by Gasteiger charge is -2.13. The minimum Gasteiger partial charge on any atom is -0.316 e. The highest BCUT2D eigenvalue weighted by Crippen LogP contribution is 2.34. The maximum atomic E-state index is 14.5. The van der Waals surface area contributed by atoms with Gasteiger partial charge in [-0.15, -0.1) is 0 Å². The molecule has 0 bridgehead atoms. The predicted molar refractivity (Wildman–Crippen MR) is 112 cm³/mol. The summed E-state index contributed by atoms with van der Waals surface area (Å²) in [6.07, 6.45) is 2.81. The fraction of sp³-hybridized carbons (Fsp3) is 0.100. The van der Waals surface area contributed by atoms with Crippen molar-refractivity contribution in [2.75, 3.05) is 0 Å². The quantitative estimate of drug-likeness (QED) is 0.421. The van der Waals surface area contributed by atoms with E-state index in [1.807, 2.05) is 6.92 Å². The third-order valence-corrected chi connectivity index (χ3v) is 7.00. The van der Waals surface area contributed by atoms with E-state index in [-0.39, 0.29) is 21.7 Å². The van der Waals surface area contributed by atoms with Gasteiger partial charge in [0, 0.05) is 29.3 Å². The predicted octanol–water partition coefficient (Wildman–Crippen LogP) is 3.85. The third kappa shape index (κ3) is 3.10. The number of rotatable bonds is 3. The van der Waals surface area contributed by atoms with Gasteiger partial charge in [-0.05, 0) is 53.2 Å². The second-order valence-electron chi connectivity index (χ2n) is 6.61. The number of benzene rings is 1. The molecule has 0 amide bonds. The second-order valence-corrected chi connectivity index (χ2v) is 9.25. The molecule has 0 spiro atoms. The summed E-state index contributed by atoms with van der Waals surface area (Å²) in [5, 5.41) is 0.363. The van der Waals surface area contributed by atoms with Crippen LogP contribution in [0.3, 0.4) is 0 Å². The van der Waals surface area contributed by atoms with Crippen LogP contribution in [0.25, 0.3) is 22.2 Å². The molecule has 6 nitrogen and oxygen atoms in total. The Morgan fingerprint density at radius 1 is 1.14 bits per heavy atom. The summed E-state index contributed by atoms with van der Waals surface area (Å²) in [6, 6.07) is 10.7. The van der Waals surface area contributed by atoms with Crippen molar-refractivity contribution in [3.8, 4) is 11.3 Å². The van der Waals surface area contributed by atoms with Gasteiger partial charge in [0.2, 0.25) is 5.95 Å². The topological polar surface area (TPSA) is 74.0 Å². The van der Waals surface area contributed by atoms with Crippen LogP contribution in [-0.4, -0.2) is 21.9 Å². The van der Waals surface area contributed by atoms with Gasteiger partial charge in [-0.3, -0.25) is 4.79 Å². The number of aryl methyl sites for hydroxylation is 2. The summed E-state index contributed by atoms with van der Waals surface area (Å²) >= 11 is 3.38. The first-order valence-electron chi connectivity index (χ1n) is 8.55. The van der Waals surface area contributed by atoms with Crippen LogP contribution in [-0.2, 0) is 17.1 Å². The number of nitrogens with zero attached hydrogens (tertiary/aromatic N) is 3. The first kappa shape index (κ1) is 19.5. The van der Waals surface area contributed by atoms with Gasteiger partial charge >= 0.3 is 0 Å². The molecule has 3 heterocycles. The van der Waals surface area contributed by atoms with E-state index in [9.17, 15) is 17.6 Å². The van der Waals surface area contributed by atoms with Crippen molar-refractivity contribution in [1.82, 2.24) is 13.5 Å². The molecule has 0 radical (unpaired) electrons. The Morgan fingerprint density at radius 2 is 1.83 bits per heavy atom. The normalized spacial score (nSPS) is 11.9. The minimum absolute atomic E-state index is 0.00632. The average molecular weight is 476 g/mol. The van der Waals surface area contributed by atoms with Crippen LogP contribution in [0.1, 0.15) is 5.56 Å². The molecule has 0 saturated heterocycles. The number of hydrogen-bond acceptors (Lipinski definition) is 4. The largest absolute Gasteiger partial charge is 0.316 e. The maximum Gasteiger partial charge on any atom is 0.275 e. The standard InChI is InChI=1S/C20H15BrFN3O3S/c1-12-5-7-13(8-6-12)29(27,28)25-17(14-4-3-9-23-19(14)22)10-15-16(21)11-24(2)20(26)18(15)25/h3-11H,1-2H3. The van der Waals surface area contributed by atoms with E-state index in [4.69, 9.17) is 0 Å². The van der Waals surface area contributed by atoms with Gasteiger partial charge in [0.1, 0.15) is 5.52 Å². The summed E-state index contributed by atoms with van der Waals surface area (Å²) in [5.41, 5.74) is 0.303. The molecule has 3 aromatic heterocycles. The van der Waals surface area contributed by atoms with Crippen LogP contribution < -0.4 is 5.56 Å². The molecule has 0 aliphatic rings. The van der Waals surface area contributed by atoms with E-state index in [2.05, 4.69) is 20.9 Å². The van der Waals surface area contributed by atoms with Gasteiger partial charge in [0.15, 0.2) is 0 Å². The maximum absolute atomic E-state index is 14.5. The van der Waals surface area contributed by atoms with E-state index >= 15 is 0 Å². The van der Waals surface area contributed by atoms with Gasteiger partial charge in [0.25, 0.3) is 15.6 Å². The Balaban J connectivity index is 2.19. The van der Waals surface area contributed by atoms with E-state index in [0.717, 1.165) is 9.54 Å². The summed E-state index contributed by atoms with van der Waals surface area (Å²) in [5.74, 6) is -0.830. The number of fused-ring (bicyclic) bond motifs is 1. The number of pyridine rings is 2. The second kappa shape index (κ2) is 6.93. The van der Waals surface area contributed by atoms with E-state index in [0.29, 0.717) is 9.86 Å². The van der Waals surface area contributed by atoms with Crippen LogP contribution in [0.15, 0.2) is 69.0 Å². The summed E-state index contributed by atoms with van der Waals surface area (Å²) in [6.45, 7) is 1.84. The highest BCUT2D eigenvalue weighted by atomic mass is 79.9. The lowest BCUT2D eigenvalue weighted by Crippen LogP contribution is -2.23. The molecular formula is C20H15BrFN3O3S. The van der Waals surface area contributed by atoms with Crippen LogP contribution in [0.2, 0.25) is 0 Å². The number of aromatic nitrogens is 3. The Labute approximate surface area is 174 Å². The van der Waals surface area contributed by atoms with Gasteiger partial charge in [-0.25, -0.2) is 17.4 Å². The molecule has 1 aromatic carbocycles. The fourth-order valence-electron chi connectivity index (χ4n) is 3.17. The highest BCUT2D eigenvalue weighted by molar-refractivity contribution is 9.10. The Kier molecular flexibility index (Phi) is 4.66. The van der Waals surface area contributed by atoms with Crippen LogP contribution in [0.4, 0.5) is 4.39 Å². The first-order chi connectivity index (χ1) is 13.7. The van der Waals surface area contributed by atoms with Crippen molar-refractivity contribution in [2.45, 2.75) is 11.8 Å². The van der Waals surface area contributed by atoms with Gasteiger partial charge < -0.3 is 4.57 Å². The van der Waals surface area contributed by atoms with Crippen molar-refractivity contribution in [1.29, 1.82) is 0 Å². The van der Waals surface area contributed by atoms with Crippen molar-refractivity contribution in [2.24, 2.45) is 7.05 Å². The molecule has 4 rings (SSSR count). The molecule has 0 unspecified atom stereocenters. The fourth-order valence-corrected chi connectivity index (χ4v) is 5.30. The van der Waals surface area contributed by atoms with Gasteiger partial charge in [-0.1, -0.05) is 17.7 Å². The zero-order valence-electron chi connectivity index (χ0n) is 15.4. The molecule has 0 fully saturated rings. The number of halogens is 2. The van der Waals surface area contributed by atoms with Crippen molar-refractivity contribution >= 4 is 36.9 Å². The lowest BCUT2D eigenvalue weighted by atomic mass is 10.2. The summed E-state index contributed by atoms with van der Waals surface area (Å²) in [7, 11) is -2.68. The molecule has 0 aliphatic heterocycles. The van der Waals surface area contributed by atoms with E-state index < -0.39 is 21.5 Å². The van der Waals surface area contributed by atoms with Crippen molar-refractivity contribution in [3.05, 3.63) is 81.2 Å². The highest BCUT2D eigenvalue weighted by Gasteiger charge is 2.28. The van der Waals surface area contributed by atoms with Gasteiger partial charge in [0.05, 0.1) is 16.2 Å². The molecule has 0 N–H and O–H groups in total. The van der Waals surface area contributed by atoms with Crippen molar-refractivity contribution < 1.29 is 12.8 Å². The molecular weight excluding hydrogens is 461 g/mol. The smallest absolute Gasteiger partial charge is 0.275 e. The molecule has 0 saturated carbocycles. The average Bonchev–Trinajstić information content (AvgIpc) is 3.09. The summed E-state index contributed by atoms with van der Waals surface area (Å²) < 4.78 is 44.3. The van der Waals surface area contributed by atoms with Crippen LogP contribution >= 0.6 is 15.9 Å². The SMILES string of the molecule is Cc1ccc(S(=O)(=O)n2c(-c3cccnc3F)cc3c(Br)cn(C)c(=O)c32)cc1. The molecule has 0 atom stereocenters.